The molecule has 0 aliphatic heterocycles. The first-order chi connectivity index (χ1) is 36.0. The summed E-state index contributed by atoms with van der Waals surface area (Å²) in [5.74, 6) is -1.02. The molecule has 0 aliphatic rings. The molecule has 0 aliphatic carbocycles. The molecule has 1 atom stereocenters. The van der Waals surface area contributed by atoms with Gasteiger partial charge in [-0.3, -0.25) is 14.4 Å². The highest BCUT2D eigenvalue weighted by atomic mass is 16.6. The van der Waals surface area contributed by atoms with Crippen molar-refractivity contribution in [2.45, 2.75) is 271 Å². The van der Waals surface area contributed by atoms with Crippen molar-refractivity contribution in [2.24, 2.45) is 0 Å². The van der Waals surface area contributed by atoms with E-state index in [1.165, 1.54) is 116 Å². The Labute approximate surface area is 450 Å². The lowest BCUT2D eigenvalue weighted by Gasteiger charge is -2.18. The molecule has 414 valence electrons. The number of rotatable bonds is 53. The molecular formula is C67H110O6. The largest absolute Gasteiger partial charge is 0.462 e. The van der Waals surface area contributed by atoms with Gasteiger partial charge in [0, 0.05) is 19.3 Å². The van der Waals surface area contributed by atoms with Crippen LogP contribution in [0.4, 0.5) is 0 Å². The number of hydrogen-bond acceptors (Lipinski definition) is 6. The number of esters is 3. The number of hydrogen-bond donors (Lipinski definition) is 0. The lowest BCUT2D eigenvalue weighted by Crippen LogP contribution is -2.30. The van der Waals surface area contributed by atoms with Crippen molar-refractivity contribution in [1.29, 1.82) is 0 Å². The van der Waals surface area contributed by atoms with Crippen molar-refractivity contribution in [3.8, 4) is 0 Å². The highest BCUT2D eigenvalue weighted by Crippen LogP contribution is 2.14. The van der Waals surface area contributed by atoms with E-state index in [1.54, 1.807) is 0 Å². The zero-order chi connectivity index (χ0) is 52.9. The molecule has 0 amide bonds. The predicted molar refractivity (Wildman–Crippen MR) is 316 cm³/mol. The topological polar surface area (TPSA) is 78.9 Å². The molecular weight excluding hydrogens is 901 g/mol. The third kappa shape index (κ3) is 58.6. The monoisotopic (exact) mass is 1010 g/mol. The fourth-order valence-electron chi connectivity index (χ4n) is 7.94. The summed E-state index contributed by atoms with van der Waals surface area (Å²) < 4.78 is 16.8. The molecule has 0 radical (unpaired) electrons. The molecule has 6 heteroatoms. The smallest absolute Gasteiger partial charge is 0.306 e. The van der Waals surface area contributed by atoms with Crippen LogP contribution in [0.2, 0.25) is 0 Å². The van der Waals surface area contributed by atoms with Gasteiger partial charge in [0.25, 0.3) is 0 Å². The Kier molecular flexibility index (Phi) is 56.9. The van der Waals surface area contributed by atoms with Crippen LogP contribution in [0.25, 0.3) is 0 Å². The van der Waals surface area contributed by atoms with E-state index in [2.05, 4.69) is 136 Å². The van der Waals surface area contributed by atoms with Gasteiger partial charge in [0.05, 0.1) is 0 Å². The Morgan fingerprint density at radius 2 is 0.562 bits per heavy atom. The van der Waals surface area contributed by atoms with Crippen LogP contribution in [-0.4, -0.2) is 37.2 Å². The molecule has 0 bridgehead atoms. The van der Waals surface area contributed by atoms with Crippen LogP contribution in [-0.2, 0) is 28.6 Å². The number of carbonyl (C=O) groups excluding carboxylic acids is 3. The highest BCUT2D eigenvalue weighted by molar-refractivity contribution is 5.71. The van der Waals surface area contributed by atoms with Crippen LogP contribution in [0.15, 0.2) is 122 Å². The summed E-state index contributed by atoms with van der Waals surface area (Å²) in [5.41, 5.74) is 0. The van der Waals surface area contributed by atoms with Gasteiger partial charge in [-0.05, 0) is 122 Å². The predicted octanol–water partition coefficient (Wildman–Crippen LogP) is 20.4. The first-order valence-electron chi connectivity index (χ1n) is 30.0. The van der Waals surface area contributed by atoms with Crippen molar-refractivity contribution in [3.05, 3.63) is 122 Å². The molecule has 0 heterocycles. The fraction of sp³-hybridized carbons (Fsp3) is 0.657. The molecule has 0 aromatic rings. The Morgan fingerprint density at radius 3 is 0.959 bits per heavy atom. The number of unbranched alkanes of at least 4 members (excludes halogenated alkanes) is 22. The quantitative estimate of drug-likeness (QED) is 0.0261. The Bertz CT molecular complexity index is 1540. The standard InChI is InChI=1S/C67H110O6/c1-4-7-10-13-16-19-22-25-28-31-33-36-38-41-44-47-50-53-56-59-65(68)71-62-64(73-67(70)61-58-55-52-49-46-43-40-35-30-27-24-21-18-15-12-9-6-3)63-72-66(69)60-57-54-51-48-45-42-39-37-34-32-29-26-23-20-17-14-11-8-5-2/h7,10,16,18-19,21,25-30,33,36,40-41,43-44,50,53,64H,4-6,8-9,11-15,17,20,22-24,31-32,34-35,37-39,42,45-49,51-52,54-63H2,1-3H3/b10-7-,19-16-,21-18-,28-25-,29-26-,30-27-,36-33-,43-40-,44-41-,53-50-/t64-/m1/s1. The van der Waals surface area contributed by atoms with Gasteiger partial charge in [-0.2, -0.15) is 0 Å². The minimum atomic E-state index is -0.826. The highest BCUT2D eigenvalue weighted by Gasteiger charge is 2.19. The molecule has 0 aromatic carbocycles. The molecule has 0 unspecified atom stereocenters. The number of ether oxygens (including phenoxy) is 3. The van der Waals surface area contributed by atoms with Crippen molar-refractivity contribution < 1.29 is 28.6 Å². The van der Waals surface area contributed by atoms with E-state index in [0.29, 0.717) is 12.8 Å². The van der Waals surface area contributed by atoms with E-state index >= 15 is 0 Å². The van der Waals surface area contributed by atoms with Crippen molar-refractivity contribution >= 4 is 17.9 Å². The van der Waals surface area contributed by atoms with Gasteiger partial charge in [-0.1, -0.05) is 245 Å². The molecule has 0 fully saturated rings. The second-order valence-corrected chi connectivity index (χ2v) is 19.5. The van der Waals surface area contributed by atoms with Crippen molar-refractivity contribution in [2.75, 3.05) is 13.2 Å². The van der Waals surface area contributed by atoms with E-state index in [1.807, 2.05) is 6.08 Å². The third-order valence-electron chi connectivity index (χ3n) is 12.4. The zero-order valence-electron chi connectivity index (χ0n) is 47.4. The van der Waals surface area contributed by atoms with E-state index in [9.17, 15) is 14.4 Å². The van der Waals surface area contributed by atoms with Crippen LogP contribution < -0.4 is 0 Å². The molecule has 73 heavy (non-hydrogen) atoms. The lowest BCUT2D eigenvalue weighted by atomic mass is 10.1. The Hall–Kier alpha value is -4.19. The van der Waals surface area contributed by atoms with Gasteiger partial charge < -0.3 is 14.2 Å². The van der Waals surface area contributed by atoms with Crippen molar-refractivity contribution in [3.63, 3.8) is 0 Å². The maximum absolute atomic E-state index is 12.9. The minimum absolute atomic E-state index is 0.114. The minimum Gasteiger partial charge on any atom is -0.462 e. The summed E-state index contributed by atoms with van der Waals surface area (Å²) in [6, 6.07) is 0. The molecule has 0 saturated carbocycles. The molecule has 0 saturated heterocycles. The third-order valence-corrected chi connectivity index (χ3v) is 12.4. The van der Waals surface area contributed by atoms with Crippen LogP contribution in [0.5, 0.6) is 0 Å². The van der Waals surface area contributed by atoms with E-state index in [-0.39, 0.29) is 44.0 Å². The maximum atomic E-state index is 12.9. The summed E-state index contributed by atoms with van der Waals surface area (Å²) in [6.07, 6.45) is 83.4. The molecule has 0 rings (SSSR count). The summed E-state index contributed by atoms with van der Waals surface area (Å²) >= 11 is 0. The van der Waals surface area contributed by atoms with Gasteiger partial charge in [0.1, 0.15) is 13.2 Å². The molecule has 0 spiro atoms. The van der Waals surface area contributed by atoms with E-state index in [0.717, 1.165) is 103 Å². The van der Waals surface area contributed by atoms with Crippen LogP contribution >= 0.6 is 0 Å². The van der Waals surface area contributed by atoms with E-state index in [4.69, 9.17) is 14.2 Å². The summed E-state index contributed by atoms with van der Waals surface area (Å²) in [6.45, 7) is 6.42. The number of allylic oxidation sites excluding steroid dienone is 20. The second kappa shape index (κ2) is 60.4. The van der Waals surface area contributed by atoms with Crippen LogP contribution in [0, 0.1) is 0 Å². The first kappa shape index (κ1) is 68.8. The van der Waals surface area contributed by atoms with Crippen molar-refractivity contribution in [1.82, 2.24) is 0 Å². The Balaban J connectivity index is 4.54. The molecule has 6 nitrogen and oxygen atoms in total. The average Bonchev–Trinajstić information content (AvgIpc) is 3.39. The van der Waals surface area contributed by atoms with Gasteiger partial charge in [0.15, 0.2) is 6.10 Å². The molecule has 0 N–H and O–H groups in total. The fourth-order valence-corrected chi connectivity index (χ4v) is 7.94. The first-order valence-corrected chi connectivity index (χ1v) is 30.0. The average molecular weight is 1010 g/mol. The summed E-state index contributed by atoms with van der Waals surface area (Å²) in [4.78, 5) is 38.2. The lowest BCUT2D eigenvalue weighted by molar-refractivity contribution is -0.166. The zero-order valence-corrected chi connectivity index (χ0v) is 47.4. The van der Waals surface area contributed by atoms with E-state index < -0.39 is 6.10 Å². The summed E-state index contributed by atoms with van der Waals surface area (Å²) in [7, 11) is 0. The SMILES string of the molecule is CC/C=C\C/C=C\C/C=C\C/C=C\C/C=C\C/C=C\CCC(=O)OC[C@H](COC(=O)CCCCCCCCCCC/C=C\CCCCCCCC)OC(=O)CCCCCC/C=C\C/C=C\C/C=C\CCCCC. The van der Waals surface area contributed by atoms with Gasteiger partial charge >= 0.3 is 17.9 Å². The number of carbonyl (C=O) groups is 3. The Morgan fingerprint density at radius 1 is 0.288 bits per heavy atom. The van der Waals surface area contributed by atoms with Gasteiger partial charge in [-0.25, -0.2) is 0 Å². The molecule has 0 aromatic heterocycles. The van der Waals surface area contributed by atoms with Crippen LogP contribution in [0.1, 0.15) is 265 Å². The normalized spacial score (nSPS) is 13.0. The maximum Gasteiger partial charge on any atom is 0.306 e. The van der Waals surface area contributed by atoms with Crippen LogP contribution in [0.3, 0.4) is 0 Å². The second-order valence-electron chi connectivity index (χ2n) is 19.5. The van der Waals surface area contributed by atoms with Gasteiger partial charge in [-0.15, -0.1) is 0 Å². The summed E-state index contributed by atoms with van der Waals surface area (Å²) in [5, 5.41) is 0. The van der Waals surface area contributed by atoms with Gasteiger partial charge in [0.2, 0.25) is 0 Å².